The number of thioether (sulfide) groups is 1. The Labute approximate surface area is 300 Å². The van der Waals surface area contributed by atoms with Gasteiger partial charge in [-0.15, -0.1) is 0 Å². The largest absolute Gasteiger partial charge is 0.491 e. The van der Waals surface area contributed by atoms with E-state index in [4.69, 9.17) is 9.47 Å². The topological polar surface area (TPSA) is 147 Å². The van der Waals surface area contributed by atoms with Crippen molar-refractivity contribution in [1.82, 2.24) is 26.6 Å². The lowest BCUT2D eigenvalue weighted by molar-refractivity contribution is -0.122. The van der Waals surface area contributed by atoms with Gasteiger partial charge in [0.05, 0.1) is 25.3 Å². The van der Waals surface area contributed by atoms with Gasteiger partial charge in [-0.25, -0.2) is 4.79 Å². The highest BCUT2D eigenvalue weighted by Crippen LogP contribution is 2.33. The highest BCUT2D eigenvalue weighted by molar-refractivity contribution is 8.00. The smallest absolute Gasteiger partial charge is 0.315 e. The predicted octanol–water partition coefficient (Wildman–Crippen LogP) is 4.28. The van der Waals surface area contributed by atoms with E-state index in [0.717, 1.165) is 70.0 Å². The van der Waals surface area contributed by atoms with Crippen molar-refractivity contribution in [2.24, 2.45) is 0 Å². The molecule has 0 spiro atoms. The highest BCUT2D eigenvalue weighted by atomic mass is 32.2. The molecule has 0 aromatic heterocycles. The van der Waals surface area contributed by atoms with Crippen molar-refractivity contribution in [1.29, 1.82) is 0 Å². The van der Waals surface area contributed by atoms with Crippen LogP contribution >= 0.6 is 11.8 Å². The van der Waals surface area contributed by atoms with E-state index in [1.165, 1.54) is 11.1 Å². The van der Waals surface area contributed by atoms with Gasteiger partial charge in [0.2, 0.25) is 11.8 Å². The summed E-state index contributed by atoms with van der Waals surface area (Å²) in [6.07, 6.45) is 10.3. The van der Waals surface area contributed by atoms with E-state index in [0.29, 0.717) is 62.3 Å². The van der Waals surface area contributed by atoms with Crippen LogP contribution in [-0.2, 0) is 27.2 Å². The zero-order valence-corrected chi connectivity index (χ0v) is 29.8. The minimum atomic E-state index is -0.0640. The van der Waals surface area contributed by atoms with Gasteiger partial charge in [0, 0.05) is 48.5 Å². The molecule has 2 heterocycles. The van der Waals surface area contributed by atoms with Crippen LogP contribution < -0.4 is 31.3 Å². The van der Waals surface area contributed by atoms with Gasteiger partial charge >= 0.3 is 6.03 Å². The van der Waals surface area contributed by atoms with E-state index in [2.05, 4.69) is 50.8 Å². The van der Waals surface area contributed by atoms with Crippen molar-refractivity contribution in [2.45, 2.75) is 100 Å². The number of carbonyl (C=O) groups excluding carboxylic acids is 4. The number of urea groups is 1. The monoisotopic (exact) mass is 707 g/mol. The third-order valence-electron chi connectivity index (χ3n) is 9.58. The predicted molar refractivity (Wildman–Crippen MR) is 196 cm³/mol. The Bertz CT molecular complexity index is 1410. The molecule has 5 N–H and O–H groups in total. The van der Waals surface area contributed by atoms with E-state index >= 15 is 0 Å². The number of ether oxygens (including phenoxy) is 2. The summed E-state index contributed by atoms with van der Waals surface area (Å²) in [7, 11) is 0. The van der Waals surface area contributed by atoms with E-state index in [9.17, 15) is 19.2 Å². The third kappa shape index (κ3) is 12.2. The zero-order valence-electron chi connectivity index (χ0n) is 29.0. The van der Waals surface area contributed by atoms with Crippen molar-refractivity contribution in [3.05, 3.63) is 65.2 Å². The average Bonchev–Trinajstić information content (AvgIpc) is 3.59. The summed E-state index contributed by atoms with van der Waals surface area (Å²) < 4.78 is 11.3. The fourth-order valence-electron chi connectivity index (χ4n) is 6.85. The summed E-state index contributed by atoms with van der Waals surface area (Å²) in [5.74, 6) is 1.65. The molecular weight excluding hydrogens is 655 g/mol. The van der Waals surface area contributed by atoms with Gasteiger partial charge in [0.25, 0.3) is 5.91 Å². The molecule has 50 heavy (non-hydrogen) atoms. The van der Waals surface area contributed by atoms with Crippen LogP contribution in [-0.4, -0.2) is 85.8 Å². The van der Waals surface area contributed by atoms with Crippen LogP contribution in [0.2, 0.25) is 0 Å². The Morgan fingerprint density at radius 2 is 1.58 bits per heavy atom. The number of unbranched alkanes of at least 4 members (excludes halogenated alkanes) is 3. The van der Waals surface area contributed by atoms with Crippen LogP contribution in [0.15, 0.2) is 48.5 Å². The lowest BCUT2D eigenvalue weighted by Gasteiger charge is -2.17. The maximum absolute atomic E-state index is 12.8. The average molecular weight is 708 g/mol. The molecule has 0 saturated carbocycles. The molecule has 2 aromatic rings. The van der Waals surface area contributed by atoms with Crippen LogP contribution in [0.25, 0.3) is 0 Å². The molecule has 0 radical (unpaired) electrons. The molecule has 11 nitrogen and oxygen atoms in total. The number of amides is 5. The molecule has 272 valence electrons. The first-order chi connectivity index (χ1) is 24.4. The first-order valence-corrected chi connectivity index (χ1v) is 19.4. The maximum Gasteiger partial charge on any atom is 0.315 e. The van der Waals surface area contributed by atoms with Crippen molar-refractivity contribution in [3.63, 3.8) is 0 Å². The van der Waals surface area contributed by atoms with Crippen LogP contribution in [0.1, 0.15) is 85.7 Å². The minimum absolute atomic E-state index is 0.00145. The third-order valence-corrected chi connectivity index (χ3v) is 11.1. The van der Waals surface area contributed by atoms with E-state index in [1.807, 2.05) is 11.8 Å². The molecule has 5 amide bonds. The number of aryl methyl sites for hydroxylation is 1. The first kappa shape index (κ1) is 37.5. The summed E-state index contributed by atoms with van der Waals surface area (Å²) >= 11 is 1.90. The molecule has 1 aliphatic carbocycles. The Balaban J connectivity index is 0.805. The number of hydrogen-bond donors (Lipinski definition) is 5. The lowest BCUT2D eigenvalue weighted by Crippen LogP contribution is -2.36. The molecule has 2 aliphatic heterocycles. The van der Waals surface area contributed by atoms with Gasteiger partial charge in [-0.2, -0.15) is 11.8 Å². The number of nitrogens with one attached hydrogen (secondary N) is 5. The van der Waals surface area contributed by atoms with E-state index in [-0.39, 0.29) is 41.9 Å². The first-order valence-electron chi connectivity index (χ1n) is 18.3. The summed E-state index contributed by atoms with van der Waals surface area (Å²) in [6, 6.07) is 16.2. The Morgan fingerprint density at radius 3 is 2.40 bits per heavy atom. The second-order valence-corrected chi connectivity index (χ2v) is 14.7. The van der Waals surface area contributed by atoms with E-state index < -0.39 is 0 Å². The van der Waals surface area contributed by atoms with Crippen LogP contribution in [0.4, 0.5) is 4.79 Å². The summed E-state index contributed by atoms with van der Waals surface area (Å²) in [5, 5.41) is 15.5. The molecule has 2 fully saturated rings. The van der Waals surface area contributed by atoms with Gasteiger partial charge in [-0.1, -0.05) is 37.1 Å². The van der Waals surface area contributed by atoms with Crippen molar-refractivity contribution in [2.75, 3.05) is 38.7 Å². The van der Waals surface area contributed by atoms with Crippen LogP contribution in [0.5, 0.6) is 5.75 Å². The second kappa shape index (κ2) is 20.2. The number of carbonyl (C=O) groups is 4. The molecule has 12 heteroatoms. The van der Waals surface area contributed by atoms with Crippen molar-refractivity contribution >= 4 is 35.5 Å². The molecule has 2 aromatic carbocycles. The molecule has 0 unspecified atom stereocenters. The normalized spacial score (nSPS) is 20.8. The molecule has 5 rings (SSSR count). The number of benzene rings is 2. The SMILES string of the molecule is O=C(CCCC[C@@H]1SC[C@@H]2NC(=O)N[C@@H]21)NCCCCCC(=O)NCCOCCOc1ccc(C(=O)N[C@@H]2CCCc3ccccc3C2)cc1. The fraction of sp³-hybridized carbons (Fsp3) is 0.579. The maximum atomic E-state index is 12.8. The lowest BCUT2D eigenvalue weighted by atomic mass is 10.0. The fourth-order valence-corrected chi connectivity index (χ4v) is 8.39. The molecule has 2 saturated heterocycles. The van der Waals surface area contributed by atoms with Crippen molar-refractivity contribution < 1.29 is 28.7 Å². The Hall–Kier alpha value is -3.77. The number of hydrogen-bond acceptors (Lipinski definition) is 7. The Morgan fingerprint density at radius 1 is 0.820 bits per heavy atom. The second-order valence-electron chi connectivity index (χ2n) is 13.4. The zero-order chi connectivity index (χ0) is 35.0. The number of rotatable bonds is 20. The summed E-state index contributed by atoms with van der Waals surface area (Å²) in [6.45, 7) is 2.24. The van der Waals surface area contributed by atoms with Gasteiger partial charge in [-0.05, 0) is 86.8 Å². The summed E-state index contributed by atoms with van der Waals surface area (Å²) in [4.78, 5) is 48.6. The minimum Gasteiger partial charge on any atom is -0.491 e. The van der Waals surface area contributed by atoms with Gasteiger partial charge in [0.1, 0.15) is 12.4 Å². The molecule has 4 atom stereocenters. The Kier molecular flexibility index (Phi) is 15.1. The van der Waals surface area contributed by atoms with Gasteiger partial charge in [-0.3, -0.25) is 14.4 Å². The van der Waals surface area contributed by atoms with Crippen LogP contribution in [0, 0.1) is 0 Å². The molecule has 0 bridgehead atoms. The standard InChI is InChI=1S/C38H53N5O6S/c44-34(15-6-5-13-33-36-32(26-50-33)42-38(47)43-36)39-20-7-1-2-14-35(45)40-21-22-48-23-24-49-31-18-16-28(17-19-31)37(46)41-30-12-8-11-27-9-3-4-10-29(27)25-30/h3-4,9-10,16-19,30,32-33,36H,1-2,5-8,11-15,20-26H2,(H,39,44)(H,40,45)(H,41,46)(H2,42,43,47)/t30-,32+,33+,36+/m1/s1. The highest BCUT2D eigenvalue weighted by Gasteiger charge is 2.42. The van der Waals surface area contributed by atoms with Gasteiger partial charge < -0.3 is 36.1 Å². The quantitative estimate of drug-likeness (QED) is 0.0785. The van der Waals surface area contributed by atoms with Crippen molar-refractivity contribution in [3.8, 4) is 5.75 Å². The van der Waals surface area contributed by atoms with Crippen LogP contribution in [0.3, 0.4) is 0 Å². The van der Waals surface area contributed by atoms with E-state index in [1.54, 1.807) is 24.3 Å². The molecule has 3 aliphatic rings. The van der Waals surface area contributed by atoms with Gasteiger partial charge in [0.15, 0.2) is 0 Å². The summed E-state index contributed by atoms with van der Waals surface area (Å²) in [5.41, 5.74) is 3.33. The molecular formula is C38H53N5O6S. The number of fused-ring (bicyclic) bond motifs is 2.